The van der Waals surface area contributed by atoms with Gasteiger partial charge in [-0.3, -0.25) is 0 Å². The van der Waals surface area contributed by atoms with E-state index in [1.165, 1.54) is 0 Å². The van der Waals surface area contributed by atoms with Crippen LogP contribution >= 0.6 is 0 Å². The lowest BCUT2D eigenvalue weighted by atomic mass is 10.3. The molecule has 30 heavy (non-hydrogen) atoms. The summed E-state index contributed by atoms with van der Waals surface area (Å²) in [5.74, 6) is -0.185. The number of carbonyl (C=O) groups is 1. The van der Waals surface area contributed by atoms with Gasteiger partial charge >= 0.3 is 5.97 Å². The molecular formula is C21H32O9. The summed E-state index contributed by atoms with van der Waals surface area (Å²) in [6, 6.07) is 8.88. The summed E-state index contributed by atoms with van der Waals surface area (Å²) >= 11 is 0. The number of hydrogen-bond donors (Lipinski definition) is 1. The first kappa shape index (κ1) is 26.0. The highest BCUT2D eigenvalue weighted by atomic mass is 16.6. The molecule has 0 aliphatic heterocycles. The van der Waals surface area contributed by atoms with E-state index < -0.39 is 5.97 Å². The SMILES string of the molecule is C=C(Oc1ccccc1)C(=O)OCCOCCOCCOCCOCCOCCO. The maximum absolute atomic E-state index is 11.7. The van der Waals surface area contributed by atoms with Crippen LogP contribution in [0.1, 0.15) is 0 Å². The van der Waals surface area contributed by atoms with E-state index in [1.807, 2.05) is 6.07 Å². The zero-order chi connectivity index (χ0) is 21.7. The van der Waals surface area contributed by atoms with Crippen molar-refractivity contribution in [2.75, 3.05) is 79.3 Å². The zero-order valence-corrected chi connectivity index (χ0v) is 17.3. The van der Waals surface area contributed by atoms with Gasteiger partial charge in [0.1, 0.15) is 12.4 Å². The molecule has 1 N–H and O–H groups in total. The molecule has 0 amide bonds. The van der Waals surface area contributed by atoms with Gasteiger partial charge in [0.15, 0.2) is 0 Å². The largest absolute Gasteiger partial charge is 0.457 e. The molecule has 0 fully saturated rings. The van der Waals surface area contributed by atoms with Crippen LogP contribution in [-0.2, 0) is 33.2 Å². The van der Waals surface area contributed by atoms with Crippen molar-refractivity contribution in [2.24, 2.45) is 0 Å². The van der Waals surface area contributed by atoms with Crippen LogP contribution in [0.3, 0.4) is 0 Å². The van der Waals surface area contributed by atoms with E-state index in [0.29, 0.717) is 65.2 Å². The topological polar surface area (TPSA) is 102 Å². The molecule has 1 rings (SSSR count). The van der Waals surface area contributed by atoms with Crippen molar-refractivity contribution >= 4 is 5.97 Å². The molecule has 0 aliphatic carbocycles. The van der Waals surface area contributed by atoms with Gasteiger partial charge in [0, 0.05) is 0 Å². The Morgan fingerprint density at radius 3 is 1.60 bits per heavy atom. The van der Waals surface area contributed by atoms with Crippen LogP contribution in [0.15, 0.2) is 42.7 Å². The molecular weight excluding hydrogens is 396 g/mol. The Bertz CT molecular complexity index is 551. The second-order valence-corrected chi connectivity index (χ2v) is 5.76. The Morgan fingerprint density at radius 1 is 0.700 bits per heavy atom. The number of para-hydroxylation sites is 1. The fraction of sp³-hybridized carbons (Fsp3) is 0.571. The normalized spacial score (nSPS) is 10.7. The maximum atomic E-state index is 11.7. The highest BCUT2D eigenvalue weighted by Gasteiger charge is 2.10. The molecule has 0 unspecified atom stereocenters. The van der Waals surface area contributed by atoms with Gasteiger partial charge in [0.05, 0.1) is 72.7 Å². The number of aliphatic hydroxyl groups excluding tert-OH is 1. The van der Waals surface area contributed by atoms with Crippen molar-refractivity contribution in [1.82, 2.24) is 0 Å². The minimum atomic E-state index is -0.627. The van der Waals surface area contributed by atoms with Crippen LogP contribution < -0.4 is 4.74 Å². The third-order valence-electron chi connectivity index (χ3n) is 3.40. The average molecular weight is 428 g/mol. The van der Waals surface area contributed by atoms with Crippen LogP contribution in [0, 0.1) is 0 Å². The Balaban J connectivity index is 1.81. The van der Waals surface area contributed by atoms with Crippen molar-refractivity contribution in [1.29, 1.82) is 0 Å². The van der Waals surface area contributed by atoms with E-state index in [-0.39, 0.29) is 25.6 Å². The average Bonchev–Trinajstić information content (AvgIpc) is 2.76. The molecule has 170 valence electrons. The number of benzene rings is 1. The van der Waals surface area contributed by atoms with E-state index in [1.54, 1.807) is 24.3 Å². The zero-order valence-electron chi connectivity index (χ0n) is 17.3. The van der Waals surface area contributed by atoms with E-state index in [9.17, 15) is 4.79 Å². The second kappa shape index (κ2) is 19.0. The summed E-state index contributed by atoms with van der Waals surface area (Å²) in [6.07, 6.45) is 0. The highest BCUT2D eigenvalue weighted by molar-refractivity contribution is 5.86. The first-order valence-corrected chi connectivity index (χ1v) is 9.82. The predicted octanol–water partition coefficient (Wildman–Crippen LogP) is 1.20. The Kier molecular flexibility index (Phi) is 16.5. The molecule has 9 nitrogen and oxygen atoms in total. The molecule has 0 bridgehead atoms. The van der Waals surface area contributed by atoms with Crippen molar-refractivity contribution in [3.05, 3.63) is 42.7 Å². The third-order valence-corrected chi connectivity index (χ3v) is 3.40. The molecule has 0 radical (unpaired) electrons. The molecule has 0 atom stereocenters. The van der Waals surface area contributed by atoms with Crippen molar-refractivity contribution in [2.45, 2.75) is 0 Å². The summed E-state index contributed by atoms with van der Waals surface area (Å²) in [5.41, 5.74) is 0. The standard InChI is InChI=1S/C21H32O9/c1-19(30-20-5-3-2-4-6-20)21(23)29-18-17-28-16-15-27-14-13-26-12-11-25-10-9-24-8-7-22/h2-6,22H,1,7-18H2. The molecule has 0 heterocycles. The summed E-state index contributed by atoms with van der Waals surface area (Å²) in [6.45, 7) is 7.85. The predicted molar refractivity (Wildman–Crippen MR) is 108 cm³/mol. The molecule has 0 aromatic heterocycles. The van der Waals surface area contributed by atoms with Crippen molar-refractivity contribution in [3.63, 3.8) is 0 Å². The molecule has 0 spiro atoms. The first-order chi connectivity index (χ1) is 14.7. The molecule has 9 heteroatoms. The van der Waals surface area contributed by atoms with Gasteiger partial charge in [-0.05, 0) is 18.7 Å². The number of ether oxygens (including phenoxy) is 7. The molecule has 0 aliphatic rings. The van der Waals surface area contributed by atoms with E-state index in [4.69, 9.17) is 38.3 Å². The van der Waals surface area contributed by atoms with Gasteiger partial charge in [-0.1, -0.05) is 18.2 Å². The smallest absolute Gasteiger partial charge is 0.373 e. The number of carbonyl (C=O) groups excluding carboxylic acids is 1. The van der Waals surface area contributed by atoms with Gasteiger partial charge in [-0.25, -0.2) is 4.79 Å². The van der Waals surface area contributed by atoms with Gasteiger partial charge in [-0.15, -0.1) is 0 Å². The summed E-state index contributed by atoms with van der Waals surface area (Å²) in [4.78, 5) is 11.7. The van der Waals surface area contributed by atoms with Gasteiger partial charge in [0.25, 0.3) is 0 Å². The quantitative estimate of drug-likeness (QED) is 0.142. The summed E-state index contributed by atoms with van der Waals surface area (Å²) in [5, 5.41) is 8.53. The number of esters is 1. The van der Waals surface area contributed by atoms with Gasteiger partial charge < -0.3 is 38.3 Å². The third kappa shape index (κ3) is 14.9. The molecule has 1 aromatic rings. The Hall–Kier alpha value is -2.01. The molecule has 0 saturated heterocycles. The minimum Gasteiger partial charge on any atom is -0.457 e. The van der Waals surface area contributed by atoms with Crippen LogP contribution in [0.5, 0.6) is 5.75 Å². The second-order valence-electron chi connectivity index (χ2n) is 5.76. The van der Waals surface area contributed by atoms with Gasteiger partial charge in [0.2, 0.25) is 5.76 Å². The molecule has 1 aromatic carbocycles. The first-order valence-electron chi connectivity index (χ1n) is 9.82. The lowest BCUT2D eigenvalue weighted by Gasteiger charge is -2.09. The highest BCUT2D eigenvalue weighted by Crippen LogP contribution is 2.12. The van der Waals surface area contributed by atoms with E-state index in [0.717, 1.165) is 0 Å². The Labute approximate surface area is 177 Å². The van der Waals surface area contributed by atoms with Crippen LogP contribution in [-0.4, -0.2) is 90.4 Å². The molecule has 0 saturated carbocycles. The van der Waals surface area contributed by atoms with Gasteiger partial charge in [-0.2, -0.15) is 0 Å². The minimum absolute atomic E-state index is 0.0162. The lowest BCUT2D eigenvalue weighted by Crippen LogP contribution is -2.17. The van der Waals surface area contributed by atoms with E-state index in [2.05, 4.69) is 6.58 Å². The lowest BCUT2D eigenvalue weighted by molar-refractivity contribution is -0.143. The fourth-order valence-electron chi connectivity index (χ4n) is 1.99. The van der Waals surface area contributed by atoms with E-state index >= 15 is 0 Å². The van der Waals surface area contributed by atoms with Crippen molar-refractivity contribution < 1.29 is 43.1 Å². The van der Waals surface area contributed by atoms with Crippen LogP contribution in [0.25, 0.3) is 0 Å². The monoisotopic (exact) mass is 428 g/mol. The Morgan fingerprint density at radius 2 is 1.13 bits per heavy atom. The maximum Gasteiger partial charge on any atom is 0.373 e. The van der Waals surface area contributed by atoms with Crippen LogP contribution in [0.2, 0.25) is 0 Å². The number of rotatable bonds is 20. The fourth-order valence-corrected chi connectivity index (χ4v) is 1.99. The summed E-state index contributed by atoms with van der Waals surface area (Å²) in [7, 11) is 0. The summed E-state index contributed by atoms with van der Waals surface area (Å²) < 4.78 is 36.7. The van der Waals surface area contributed by atoms with Crippen LogP contribution in [0.4, 0.5) is 0 Å². The number of aliphatic hydroxyl groups is 1. The van der Waals surface area contributed by atoms with Crippen molar-refractivity contribution in [3.8, 4) is 5.75 Å². The number of hydrogen-bond acceptors (Lipinski definition) is 9.